The second-order valence-electron chi connectivity index (χ2n) is 7.49. The molecule has 0 saturated heterocycles. The van der Waals surface area contributed by atoms with Gasteiger partial charge in [0.1, 0.15) is 0 Å². The fraction of sp³-hybridized carbons (Fsp3) is 0.696. The number of carboxylic acid groups (broad SMARTS) is 1. The molecule has 29 heavy (non-hydrogen) atoms. The Bertz CT molecular complexity index is 507. The molecule has 0 aliphatic heterocycles. The van der Waals surface area contributed by atoms with Gasteiger partial charge in [0.15, 0.2) is 17.2 Å². The minimum absolute atomic E-state index is 0.289. The van der Waals surface area contributed by atoms with Crippen molar-refractivity contribution in [2.75, 3.05) is 6.61 Å². The molecule has 0 heterocycles. The fourth-order valence-electron chi connectivity index (χ4n) is 3.03. The lowest BCUT2D eigenvalue weighted by Crippen LogP contribution is -1.95. The van der Waals surface area contributed by atoms with E-state index in [2.05, 4.69) is 6.92 Å². The summed E-state index contributed by atoms with van der Waals surface area (Å²) in [6, 6.07) is 1.69. The number of hydrogen-bond donors (Lipinski definition) is 5. The van der Waals surface area contributed by atoms with Gasteiger partial charge in [-0.25, -0.2) is 4.79 Å². The number of benzene rings is 1. The van der Waals surface area contributed by atoms with Gasteiger partial charge in [-0.05, 0) is 18.6 Å². The van der Waals surface area contributed by atoms with Gasteiger partial charge in [0, 0.05) is 6.61 Å². The molecular weight excluding hydrogens is 372 g/mol. The van der Waals surface area contributed by atoms with E-state index in [0.29, 0.717) is 6.61 Å². The van der Waals surface area contributed by atoms with E-state index in [0.717, 1.165) is 18.6 Å². The van der Waals surface area contributed by atoms with Gasteiger partial charge < -0.3 is 25.5 Å². The summed E-state index contributed by atoms with van der Waals surface area (Å²) in [5.74, 6) is -3.33. The Labute approximate surface area is 175 Å². The highest BCUT2D eigenvalue weighted by Gasteiger charge is 2.11. The maximum atomic E-state index is 10.3. The quantitative estimate of drug-likeness (QED) is 0.179. The average molecular weight is 413 g/mol. The standard InChI is InChI=1S/C16H34O.C7H6O5/c1-2-3-4-5-6-7-8-9-10-11-12-13-14-15-16-17;8-4-1-3(7(11)12)2-5(9)6(4)10/h17H,2-16H2,1H3;1-2,8-10H,(H,11,12). The largest absolute Gasteiger partial charge is 0.504 e. The lowest BCUT2D eigenvalue weighted by atomic mass is 10.0. The number of aromatic hydroxyl groups is 3. The van der Waals surface area contributed by atoms with Gasteiger partial charge in [0.05, 0.1) is 5.56 Å². The van der Waals surface area contributed by atoms with Crippen LogP contribution in [0.3, 0.4) is 0 Å². The van der Waals surface area contributed by atoms with Crippen LogP contribution in [0, 0.1) is 0 Å². The first-order chi connectivity index (χ1) is 13.9. The first kappa shape index (κ1) is 27.0. The van der Waals surface area contributed by atoms with Crippen molar-refractivity contribution in [1.29, 1.82) is 0 Å². The van der Waals surface area contributed by atoms with Gasteiger partial charge in [0.2, 0.25) is 0 Å². The summed E-state index contributed by atoms with van der Waals surface area (Å²) in [5.41, 5.74) is -0.289. The van der Waals surface area contributed by atoms with Gasteiger partial charge in [-0.3, -0.25) is 0 Å². The predicted molar refractivity (Wildman–Crippen MR) is 116 cm³/mol. The highest BCUT2D eigenvalue weighted by Crippen LogP contribution is 2.35. The SMILES string of the molecule is CCCCCCCCCCCCCCCCO.O=C(O)c1cc(O)c(O)c(O)c1. The maximum Gasteiger partial charge on any atom is 0.335 e. The average Bonchev–Trinajstić information content (AvgIpc) is 2.69. The van der Waals surface area contributed by atoms with Crippen molar-refractivity contribution < 1.29 is 30.3 Å². The number of rotatable bonds is 15. The van der Waals surface area contributed by atoms with Gasteiger partial charge >= 0.3 is 5.97 Å². The maximum absolute atomic E-state index is 10.3. The van der Waals surface area contributed by atoms with Crippen LogP contribution >= 0.6 is 0 Å². The Hall–Kier alpha value is -1.95. The summed E-state index contributed by atoms with van der Waals surface area (Å²) >= 11 is 0. The number of aliphatic hydroxyl groups excluding tert-OH is 1. The van der Waals surface area contributed by atoms with E-state index in [1.807, 2.05) is 0 Å². The molecule has 0 aliphatic rings. The Balaban J connectivity index is 0.000000571. The van der Waals surface area contributed by atoms with Gasteiger partial charge in [0.25, 0.3) is 0 Å². The minimum Gasteiger partial charge on any atom is -0.504 e. The van der Waals surface area contributed by atoms with Gasteiger partial charge in [-0.1, -0.05) is 90.4 Å². The number of phenols is 3. The van der Waals surface area contributed by atoms with Crippen molar-refractivity contribution in [3.63, 3.8) is 0 Å². The fourth-order valence-corrected chi connectivity index (χ4v) is 3.03. The van der Waals surface area contributed by atoms with Gasteiger partial charge in [-0.15, -0.1) is 0 Å². The van der Waals surface area contributed by atoms with Crippen molar-refractivity contribution in [3.05, 3.63) is 17.7 Å². The van der Waals surface area contributed by atoms with Crippen LogP contribution in [0.1, 0.15) is 107 Å². The summed E-state index contributed by atoms with van der Waals surface area (Å²) in [6.07, 6.45) is 19.2. The van der Waals surface area contributed by atoms with Crippen LogP contribution in [0.4, 0.5) is 0 Å². The number of hydrogen-bond acceptors (Lipinski definition) is 5. The van der Waals surface area contributed by atoms with E-state index in [1.54, 1.807) is 0 Å². The van der Waals surface area contributed by atoms with Crippen LogP contribution in [0.5, 0.6) is 17.2 Å². The van der Waals surface area contributed by atoms with Crippen LogP contribution in [0.2, 0.25) is 0 Å². The highest BCUT2D eigenvalue weighted by molar-refractivity contribution is 5.89. The molecule has 0 amide bonds. The van der Waals surface area contributed by atoms with E-state index in [-0.39, 0.29) is 5.56 Å². The lowest BCUT2D eigenvalue weighted by Gasteiger charge is -2.02. The second-order valence-corrected chi connectivity index (χ2v) is 7.49. The van der Waals surface area contributed by atoms with E-state index >= 15 is 0 Å². The van der Waals surface area contributed by atoms with Crippen LogP contribution in [0.25, 0.3) is 0 Å². The molecule has 0 atom stereocenters. The van der Waals surface area contributed by atoms with Gasteiger partial charge in [-0.2, -0.15) is 0 Å². The first-order valence-electron chi connectivity index (χ1n) is 11.0. The zero-order valence-electron chi connectivity index (χ0n) is 17.9. The summed E-state index contributed by atoms with van der Waals surface area (Å²) in [4.78, 5) is 10.3. The summed E-state index contributed by atoms with van der Waals surface area (Å²) in [6.45, 7) is 2.65. The molecule has 0 bridgehead atoms. The number of carbonyl (C=O) groups is 1. The number of aliphatic hydroxyl groups is 1. The molecule has 0 aromatic heterocycles. The molecule has 0 unspecified atom stereocenters. The molecule has 168 valence electrons. The highest BCUT2D eigenvalue weighted by atomic mass is 16.4. The smallest absolute Gasteiger partial charge is 0.335 e. The molecule has 1 rings (SSSR count). The molecule has 0 aliphatic carbocycles. The van der Waals surface area contributed by atoms with Crippen LogP contribution in [-0.2, 0) is 0 Å². The Morgan fingerprint density at radius 3 is 1.34 bits per heavy atom. The number of carboxylic acids is 1. The van der Waals surface area contributed by atoms with E-state index in [1.165, 1.54) is 83.5 Å². The number of phenolic OH excluding ortho intramolecular Hbond substituents is 3. The summed E-state index contributed by atoms with van der Waals surface area (Å²) in [5, 5.41) is 43.6. The molecule has 0 fully saturated rings. The Morgan fingerprint density at radius 2 is 1.03 bits per heavy atom. The van der Waals surface area contributed by atoms with Crippen molar-refractivity contribution in [2.24, 2.45) is 0 Å². The first-order valence-corrected chi connectivity index (χ1v) is 11.0. The molecular formula is C23H40O6. The van der Waals surface area contributed by atoms with E-state index < -0.39 is 23.2 Å². The monoisotopic (exact) mass is 412 g/mol. The van der Waals surface area contributed by atoms with Crippen molar-refractivity contribution in [3.8, 4) is 17.2 Å². The van der Waals surface area contributed by atoms with Crippen LogP contribution in [-0.4, -0.2) is 38.1 Å². The Morgan fingerprint density at radius 1 is 0.690 bits per heavy atom. The lowest BCUT2D eigenvalue weighted by molar-refractivity contribution is 0.0696. The van der Waals surface area contributed by atoms with Crippen molar-refractivity contribution in [1.82, 2.24) is 0 Å². The summed E-state index contributed by atoms with van der Waals surface area (Å²) in [7, 11) is 0. The molecule has 1 aromatic rings. The third-order valence-electron chi connectivity index (χ3n) is 4.83. The number of unbranched alkanes of at least 4 members (excludes halogenated alkanes) is 13. The zero-order chi connectivity index (χ0) is 21.9. The van der Waals surface area contributed by atoms with E-state index in [9.17, 15) is 4.79 Å². The van der Waals surface area contributed by atoms with Crippen LogP contribution in [0.15, 0.2) is 12.1 Å². The Kier molecular flexibility index (Phi) is 16.9. The normalized spacial score (nSPS) is 10.4. The number of aromatic carboxylic acids is 1. The molecule has 0 spiro atoms. The molecule has 0 radical (unpaired) electrons. The second kappa shape index (κ2) is 18.1. The van der Waals surface area contributed by atoms with Crippen LogP contribution < -0.4 is 0 Å². The minimum atomic E-state index is -1.29. The molecule has 5 N–H and O–H groups in total. The molecule has 0 saturated carbocycles. The summed E-state index contributed by atoms with van der Waals surface area (Å²) < 4.78 is 0. The topological polar surface area (TPSA) is 118 Å². The molecule has 1 aromatic carbocycles. The molecule has 6 nitrogen and oxygen atoms in total. The van der Waals surface area contributed by atoms with E-state index in [4.69, 9.17) is 25.5 Å². The predicted octanol–water partition coefficient (Wildman–Crippen LogP) is 5.96. The third kappa shape index (κ3) is 14.7. The zero-order valence-corrected chi connectivity index (χ0v) is 17.9. The third-order valence-corrected chi connectivity index (χ3v) is 4.83. The van der Waals surface area contributed by atoms with Crippen molar-refractivity contribution >= 4 is 5.97 Å². The molecule has 6 heteroatoms. The van der Waals surface area contributed by atoms with Crippen molar-refractivity contribution in [2.45, 2.75) is 96.8 Å².